The second-order valence-corrected chi connectivity index (χ2v) is 7.50. The van der Waals surface area contributed by atoms with Crippen molar-refractivity contribution in [2.24, 2.45) is 5.92 Å². The normalized spacial score (nSPS) is 36.9. The first-order valence-corrected chi connectivity index (χ1v) is 8.73. The van der Waals surface area contributed by atoms with Crippen molar-refractivity contribution in [1.29, 1.82) is 0 Å². The highest BCUT2D eigenvalue weighted by molar-refractivity contribution is 5.73. The maximum Gasteiger partial charge on any atom is 0.320 e. The van der Waals surface area contributed by atoms with E-state index in [4.69, 9.17) is 4.74 Å². The third kappa shape index (κ3) is 3.42. The molecule has 1 spiro atoms. The minimum atomic E-state index is -0.660. The van der Waals surface area contributed by atoms with Crippen LogP contribution in [-0.2, 0) is 9.53 Å². The van der Waals surface area contributed by atoms with Gasteiger partial charge in [-0.3, -0.25) is 9.69 Å². The number of likely N-dealkylation sites (tertiary alicyclic amines) is 1. The fourth-order valence-electron chi connectivity index (χ4n) is 4.52. The maximum absolute atomic E-state index is 11.5. The first-order valence-electron chi connectivity index (χ1n) is 8.73. The fourth-order valence-corrected chi connectivity index (χ4v) is 4.52. The summed E-state index contributed by atoms with van der Waals surface area (Å²) in [6.07, 6.45) is 10.8. The predicted molar refractivity (Wildman–Crippen MR) is 81.3 cm³/mol. The number of hydrogen-bond donors (Lipinski definition) is 1. The second kappa shape index (κ2) is 6.25. The van der Waals surface area contributed by atoms with Gasteiger partial charge >= 0.3 is 5.97 Å². The number of hydrogen-bond acceptors (Lipinski definition) is 3. The average Bonchev–Trinajstić information content (AvgIpc) is 2.84. The zero-order valence-electron chi connectivity index (χ0n) is 13.2. The Hall–Kier alpha value is -0.610. The van der Waals surface area contributed by atoms with E-state index in [-0.39, 0.29) is 17.7 Å². The highest BCUT2D eigenvalue weighted by Gasteiger charge is 2.42. The largest absolute Gasteiger partial charge is 0.480 e. The van der Waals surface area contributed by atoms with E-state index in [1.807, 2.05) is 0 Å². The van der Waals surface area contributed by atoms with Gasteiger partial charge in [0.05, 0.1) is 11.7 Å². The lowest BCUT2D eigenvalue weighted by atomic mass is 9.83. The molecule has 4 nitrogen and oxygen atoms in total. The van der Waals surface area contributed by atoms with Gasteiger partial charge in [-0.2, -0.15) is 0 Å². The van der Waals surface area contributed by atoms with Crippen molar-refractivity contribution in [3.05, 3.63) is 0 Å². The summed E-state index contributed by atoms with van der Waals surface area (Å²) in [6.45, 7) is 3.88. The van der Waals surface area contributed by atoms with E-state index in [0.29, 0.717) is 5.92 Å². The number of nitrogens with zero attached hydrogens (tertiary/aromatic N) is 1. The van der Waals surface area contributed by atoms with Gasteiger partial charge < -0.3 is 9.84 Å². The standard InChI is InChI=1S/C17H29NO3/c1-13-6-10-18(15(11-13)16(19)20)12-14-5-9-17(21-14)7-3-2-4-8-17/h13-15H,2-12H2,1H3,(H,19,20). The molecule has 3 rings (SSSR count). The molecule has 3 fully saturated rings. The van der Waals surface area contributed by atoms with E-state index in [0.717, 1.165) is 32.4 Å². The molecule has 120 valence electrons. The van der Waals surface area contributed by atoms with Crippen molar-refractivity contribution in [1.82, 2.24) is 4.90 Å². The van der Waals surface area contributed by atoms with Crippen LogP contribution in [0.1, 0.15) is 64.7 Å². The molecular formula is C17H29NO3. The van der Waals surface area contributed by atoms with Crippen molar-refractivity contribution in [3.8, 4) is 0 Å². The van der Waals surface area contributed by atoms with Crippen LogP contribution in [0.5, 0.6) is 0 Å². The number of carboxylic acid groups (broad SMARTS) is 1. The molecule has 0 amide bonds. The van der Waals surface area contributed by atoms with Crippen LogP contribution in [0.15, 0.2) is 0 Å². The summed E-state index contributed by atoms with van der Waals surface area (Å²) in [5.74, 6) is -0.136. The number of rotatable bonds is 3. The van der Waals surface area contributed by atoms with Crippen LogP contribution in [0, 0.1) is 5.92 Å². The van der Waals surface area contributed by atoms with Crippen LogP contribution in [0.3, 0.4) is 0 Å². The van der Waals surface area contributed by atoms with Crippen LogP contribution < -0.4 is 0 Å². The Labute approximate surface area is 127 Å². The van der Waals surface area contributed by atoms with Gasteiger partial charge in [-0.25, -0.2) is 0 Å². The quantitative estimate of drug-likeness (QED) is 0.869. The summed E-state index contributed by atoms with van der Waals surface area (Å²) >= 11 is 0. The van der Waals surface area contributed by atoms with Gasteiger partial charge in [0.25, 0.3) is 0 Å². The minimum absolute atomic E-state index is 0.144. The molecule has 0 aromatic heterocycles. The van der Waals surface area contributed by atoms with Crippen LogP contribution >= 0.6 is 0 Å². The number of ether oxygens (including phenoxy) is 1. The summed E-state index contributed by atoms with van der Waals surface area (Å²) in [4.78, 5) is 13.7. The summed E-state index contributed by atoms with van der Waals surface area (Å²) in [6, 6.07) is -0.305. The van der Waals surface area contributed by atoms with Gasteiger partial charge in [0, 0.05) is 6.54 Å². The molecule has 2 heterocycles. The van der Waals surface area contributed by atoms with Crippen LogP contribution in [0.25, 0.3) is 0 Å². The monoisotopic (exact) mass is 295 g/mol. The molecular weight excluding hydrogens is 266 g/mol. The highest BCUT2D eigenvalue weighted by Crippen LogP contribution is 2.42. The molecule has 1 saturated carbocycles. The molecule has 21 heavy (non-hydrogen) atoms. The van der Waals surface area contributed by atoms with E-state index in [1.54, 1.807) is 0 Å². The lowest BCUT2D eigenvalue weighted by molar-refractivity contribution is -0.147. The summed E-state index contributed by atoms with van der Waals surface area (Å²) in [7, 11) is 0. The zero-order chi connectivity index (χ0) is 14.9. The molecule has 3 unspecified atom stereocenters. The Balaban J connectivity index is 1.57. The van der Waals surface area contributed by atoms with Crippen molar-refractivity contribution >= 4 is 5.97 Å². The van der Waals surface area contributed by atoms with E-state index < -0.39 is 5.97 Å². The predicted octanol–water partition coefficient (Wildman–Crippen LogP) is 3.05. The van der Waals surface area contributed by atoms with Gasteiger partial charge in [-0.1, -0.05) is 26.2 Å². The highest BCUT2D eigenvalue weighted by atomic mass is 16.5. The number of piperidine rings is 1. The van der Waals surface area contributed by atoms with Gasteiger partial charge in [0.2, 0.25) is 0 Å². The Morgan fingerprint density at radius 2 is 2.00 bits per heavy atom. The van der Waals surface area contributed by atoms with Gasteiger partial charge in [-0.15, -0.1) is 0 Å². The molecule has 1 N–H and O–H groups in total. The molecule has 3 aliphatic rings. The second-order valence-electron chi connectivity index (χ2n) is 7.50. The Kier molecular flexibility index (Phi) is 4.55. The summed E-state index contributed by atoms with van der Waals surface area (Å²) in [5.41, 5.74) is 0.144. The van der Waals surface area contributed by atoms with Gasteiger partial charge in [0.15, 0.2) is 0 Å². The van der Waals surface area contributed by atoms with E-state index in [1.165, 1.54) is 38.5 Å². The average molecular weight is 295 g/mol. The fraction of sp³-hybridized carbons (Fsp3) is 0.941. The molecule has 2 aliphatic heterocycles. The van der Waals surface area contributed by atoms with E-state index in [9.17, 15) is 9.90 Å². The van der Waals surface area contributed by atoms with Crippen LogP contribution in [0.2, 0.25) is 0 Å². The van der Waals surface area contributed by atoms with Crippen molar-refractivity contribution in [2.75, 3.05) is 13.1 Å². The first kappa shape index (κ1) is 15.3. The van der Waals surface area contributed by atoms with E-state index in [2.05, 4.69) is 11.8 Å². The lowest BCUT2D eigenvalue weighted by Crippen LogP contribution is -2.49. The number of carbonyl (C=O) groups is 1. The minimum Gasteiger partial charge on any atom is -0.480 e. The number of carboxylic acids is 1. The molecule has 0 aromatic carbocycles. The van der Waals surface area contributed by atoms with Crippen molar-refractivity contribution < 1.29 is 14.6 Å². The Morgan fingerprint density at radius 3 is 2.71 bits per heavy atom. The smallest absolute Gasteiger partial charge is 0.320 e. The summed E-state index contributed by atoms with van der Waals surface area (Å²) < 4.78 is 6.41. The van der Waals surface area contributed by atoms with Crippen molar-refractivity contribution in [3.63, 3.8) is 0 Å². The number of aliphatic carboxylic acids is 1. The Morgan fingerprint density at radius 1 is 1.24 bits per heavy atom. The topological polar surface area (TPSA) is 49.8 Å². The molecule has 3 atom stereocenters. The van der Waals surface area contributed by atoms with Crippen LogP contribution in [0.4, 0.5) is 0 Å². The molecule has 4 heteroatoms. The van der Waals surface area contributed by atoms with Gasteiger partial charge in [0.1, 0.15) is 6.04 Å². The molecule has 2 saturated heterocycles. The molecule has 0 aromatic rings. The third-order valence-corrected chi connectivity index (χ3v) is 5.80. The summed E-state index contributed by atoms with van der Waals surface area (Å²) in [5, 5.41) is 9.46. The van der Waals surface area contributed by atoms with Crippen LogP contribution in [-0.4, -0.2) is 46.8 Å². The Bertz CT molecular complexity index is 378. The maximum atomic E-state index is 11.5. The lowest BCUT2D eigenvalue weighted by Gasteiger charge is -2.38. The van der Waals surface area contributed by atoms with Gasteiger partial charge in [-0.05, 0) is 51.0 Å². The zero-order valence-corrected chi connectivity index (χ0v) is 13.2. The van der Waals surface area contributed by atoms with E-state index >= 15 is 0 Å². The van der Waals surface area contributed by atoms with Crippen molar-refractivity contribution in [2.45, 2.75) is 82.5 Å². The molecule has 0 radical (unpaired) electrons. The first-order chi connectivity index (χ1) is 10.1. The SMILES string of the molecule is CC1CCN(CC2CCC3(CCCCC3)O2)C(C(=O)O)C1. The third-order valence-electron chi connectivity index (χ3n) is 5.80. The molecule has 1 aliphatic carbocycles. The molecule has 0 bridgehead atoms.